The Bertz CT molecular complexity index is 1110. The molecule has 0 bridgehead atoms. The predicted molar refractivity (Wildman–Crippen MR) is 109 cm³/mol. The number of H-pyrrole nitrogens is 1. The van der Waals surface area contributed by atoms with Gasteiger partial charge in [-0.05, 0) is 38.0 Å². The molecule has 0 saturated carbocycles. The van der Waals surface area contributed by atoms with E-state index in [0.29, 0.717) is 0 Å². The van der Waals surface area contributed by atoms with Crippen molar-refractivity contribution in [1.29, 1.82) is 0 Å². The maximum absolute atomic E-state index is 4.92. The van der Waals surface area contributed by atoms with Crippen LogP contribution in [0.1, 0.15) is 31.4 Å². The number of nitrogens with one attached hydrogen (secondary N) is 2. The molecule has 2 N–H and O–H groups in total. The zero-order chi connectivity index (χ0) is 18.1. The van der Waals surface area contributed by atoms with Gasteiger partial charge in [0.15, 0.2) is 5.65 Å². The highest BCUT2D eigenvalue weighted by Crippen LogP contribution is 2.34. The lowest BCUT2D eigenvalue weighted by atomic mass is 10.2. The summed E-state index contributed by atoms with van der Waals surface area (Å²) >= 11 is 1.72. The first-order valence-corrected chi connectivity index (χ1v) is 9.67. The standard InChI is InChI=1S/C20H21N5S/c1-4-6-14(21-5-2)13-10-23-20-18(13)25-16(11-24-20)17-9-15-19(26-17)12(3)7-8-22-15/h6-11,21H,4-5H2,1-3H3,(H,23,24)/b14-6+. The van der Waals surface area contributed by atoms with Crippen LogP contribution >= 0.6 is 11.3 Å². The third-order valence-corrected chi connectivity index (χ3v) is 5.59. The van der Waals surface area contributed by atoms with Gasteiger partial charge in [-0.2, -0.15) is 0 Å². The third-order valence-electron chi connectivity index (χ3n) is 4.31. The van der Waals surface area contributed by atoms with Crippen molar-refractivity contribution in [3.05, 3.63) is 47.9 Å². The van der Waals surface area contributed by atoms with Crippen LogP contribution in [-0.2, 0) is 0 Å². The second-order valence-corrected chi connectivity index (χ2v) is 7.22. The molecule has 0 unspecified atom stereocenters. The second kappa shape index (κ2) is 6.88. The summed E-state index contributed by atoms with van der Waals surface area (Å²) in [6, 6.07) is 4.14. The predicted octanol–water partition coefficient (Wildman–Crippen LogP) is 4.90. The minimum absolute atomic E-state index is 0.805. The van der Waals surface area contributed by atoms with Crippen molar-refractivity contribution in [2.24, 2.45) is 0 Å². The molecule has 6 heteroatoms. The quantitative estimate of drug-likeness (QED) is 0.529. The van der Waals surface area contributed by atoms with Crippen LogP contribution in [0.4, 0.5) is 0 Å². The fourth-order valence-corrected chi connectivity index (χ4v) is 4.12. The lowest BCUT2D eigenvalue weighted by Gasteiger charge is -2.07. The number of aromatic nitrogens is 4. The molecule has 0 radical (unpaired) electrons. The van der Waals surface area contributed by atoms with E-state index < -0.39 is 0 Å². The van der Waals surface area contributed by atoms with Crippen LogP contribution in [-0.4, -0.2) is 26.5 Å². The zero-order valence-corrected chi connectivity index (χ0v) is 15.9. The van der Waals surface area contributed by atoms with E-state index in [1.165, 1.54) is 10.3 Å². The van der Waals surface area contributed by atoms with Gasteiger partial charge in [0.2, 0.25) is 0 Å². The first-order valence-electron chi connectivity index (χ1n) is 8.85. The summed E-state index contributed by atoms with van der Waals surface area (Å²) < 4.78 is 1.21. The number of thiophene rings is 1. The Hall–Kier alpha value is -2.73. The van der Waals surface area contributed by atoms with E-state index >= 15 is 0 Å². The van der Waals surface area contributed by atoms with Gasteiger partial charge in [-0.3, -0.25) is 4.98 Å². The summed E-state index contributed by atoms with van der Waals surface area (Å²) in [5.74, 6) is 0. The summed E-state index contributed by atoms with van der Waals surface area (Å²) in [6.45, 7) is 7.21. The highest BCUT2D eigenvalue weighted by molar-refractivity contribution is 7.22. The highest BCUT2D eigenvalue weighted by atomic mass is 32.1. The summed E-state index contributed by atoms with van der Waals surface area (Å²) in [4.78, 5) is 18.3. The van der Waals surface area contributed by atoms with Crippen molar-refractivity contribution in [2.75, 3.05) is 6.54 Å². The van der Waals surface area contributed by atoms with Crippen molar-refractivity contribution in [1.82, 2.24) is 25.3 Å². The molecule has 5 nitrogen and oxygen atoms in total. The summed E-state index contributed by atoms with van der Waals surface area (Å²) in [7, 11) is 0. The molecule has 4 aromatic heterocycles. The van der Waals surface area contributed by atoms with Crippen molar-refractivity contribution < 1.29 is 0 Å². The number of hydrogen-bond donors (Lipinski definition) is 2. The SMILES string of the molecule is CC/C=C(/NCC)c1c[nH]c2ncc(-c3cc4nccc(C)c4s3)nc12. The van der Waals surface area contributed by atoms with E-state index in [9.17, 15) is 0 Å². The van der Waals surface area contributed by atoms with E-state index in [-0.39, 0.29) is 0 Å². The van der Waals surface area contributed by atoms with Gasteiger partial charge < -0.3 is 10.3 Å². The van der Waals surface area contributed by atoms with Gasteiger partial charge in [0.1, 0.15) is 5.52 Å². The lowest BCUT2D eigenvalue weighted by Crippen LogP contribution is -2.10. The largest absolute Gasteiger partial charge is 0.385 e. The molecule has 0 aliphatic carbocycles. The molecule has 26 heavy (non-hydrogen) atoms. The molecule has 4 aromatic rings. The summed E-state index contributed by atoms with van der Waals surface area (Å²) in [5.41, 5.74) is 7.00. The molecule has 132 valence electrons. The Morgan fingerprint density at radius 2 is 2.19 bits per heavy atom. The van der Waals surface area contributed by atoms with Crippen LogP contribution in [0, 0.1) is 6.92 Å². The Kier molecular flexibility index (Phi) is 4.42. The molecular formula is C20H21N5S. The number of aryl methyl sites for hydroxylation is 1. The van der Waals surface area contributed by atoms with Gasteiger partial charge in [-0.15, -0.1) is 11.3 Å². The fourth-order valence-electron chi connectivity index (χ4n) is 3.08. The second-order valence-electron chi connectivity index (χ2n) is 6.16. The molecule has 4 rings (SSSR count). The number of fused-ring (bicyclic) bond motifs is 2. The lowest BCUT2D eigenvalue weighted by molar-refractivity contribution is 0.934. The summed E-state index contributed by atoms with van der Waals surface area (Å²) in [6.07, 6.45) is 8.82. The van der Waals surface area contributed by atoms with Crippen molar-refractivity contribution >= 4 is 38.4 Å². The van der Waals surface area contributed by atoms with E-state index in [1.54, 1.807) is 11.3 Å². The summed E-state index contributed by atoms with van der Waals surface area (Å²) in [5, 5.41) is 3.43. The molecule has 4 heterocycles. The smallest absolute Gasteiger partial charge is 0.156 e. The van der Waals surface area contributed by atoms with Crippen LogP contribution in [0.2, 0.25) is 0 Å². The molecule has 0 fully saturated rings. The van der Waals surface area contributed by atoms with E-state index in [4.69, 9.17) is 4.98 Å². The average Bonchev–Trinajstić information content (AvgIpc) is 3.26. The maximum Gasteiger partial charge on any atom is 0.156 e. The molecule has 0 amide bonds. The molecule has 0 spiro atoms. The van der Waals surface area contributed by atoms with Crippen LogP contribution in [0.25, 0.3) is 37.6 Å². The fraction of sp³-hybridized carbons (Fsp3) is 0.250. The highest BCUT2D eigenvalue weighted by Gasteiger charge is 2.14. The Morgan fingerprint density at radius 3 is 2.96 bits per heavy atom. The number of aromatic amines is 1. The van der Waals surface area contributed by atoms with Gasteiger partial charge in [-0.1, -0.05) is 13.0 Å². The first-order chi connectivity index (χ1) is 12.7. The number of pyridine rings is 1. The van der Waals surface area contributed by atoms with Crippen molar-refractivity contribution in [2.45, 2.75) is 27.2 Å². The van der Waals surface area contributed by atoms with Gasteiger partial charge in [0.25, 0.3) is 0 Å². The average molecular weight is 363 g/mol. The van der Waals surface area contributed by atoms with E-state index in [1.807, 2.05) is 24.7 Å². The number of rotatable bonds is 5. The van der Waals surface area contributed by atoms with Gasteiger partial charge >= 0.3 is 0 Å². The minimum Gasteiger partial charge on any atom is -0.385 e. The Balaban J connectivity index is 1.85. The molecular weight excluding hydrogens is 342 g/mol. The van der Waals surface area contributed by atoms with Crippen LogP contribution in [0.5, 0.6) is 0 Å². The minimum atomic E-state index is 0.805. The van der Waals surface area contributed by atoms with E-state index in [2.05, 4.69) is 53.2 Å². The Labute approximate surface area is 156 Å². The van der Waals surface area contributed by atoms with Crippen LogP contribution in [0.3, 0.4) is 0 Å². The topological polar surface area (TPSA) is 66.5 Å². The molecule has 0 aliphatic heterocycles. The third kappa shape index (κ3) is 2.86. The molecule has 0 aliphatic rings. The normalized spacial score (nSPS) is 12.2. The van der Waals surface area contributed by atoms with Crippen molar-refractivity contribution in [3.8, 4) is 10.6 Å². The van der Waals surface area contributed by atoms with Gasteiger partial charge in [0.05, 0.1) is 27.0 Å². The molecule has 0 aromatic carbocycles. The van der Waals surface area contributed by atoms with Crippen LogP contribution < -0.4 is 5.32 Å². The molecule has 0 atom stereocenters. The number of hydrogen-bond acceptors (Lipinski definition) is 5. The van der Waals surface area contributed by atoms with Crippen LogP contribution in [0.15, 0.2) is 36.8 Å². The first kappa shape index (κ1) is 16.7. The Morgan fingerprint density at radius 1 is 1.31 bits per heavy atom. The number of allylic oxidation sites excluding steroid dienone is 1. The van der Waals surface area contributed by atoms with Crippen molar-refractivity contribution in [3.63, 3.8) is 0 Å². The van der Waals surface area contributed by atoms with E-state index in [0.717, 1.165) is 51.5 Å². The zero-order valence-electron chi connectivity index (χ0n) is 15.1. The molecule has 0 saturated heterocycles. The number of nitrogens with zero attached hydrogens (tertiary/aromatic N) is 3. The van der Waals surface area contributed by atoms with Gasteiger partial charge in [-0.25, -0.2) is 9.97 Å². The maximum atomic E-state index is 4.92. The monoisotopic (exact) mass is 363 g/mol. The van der Waals surface area contributed by atoms with Gasteiger partial charge in [0, 0.05) is 30.2 Å².